The molecule has 0 unspecified atom stereocenters. The minimum absolute atomic E-state index is 0.0951. The lowest BCUT2D eigenvalue weighted by atomic mass is 10.2. The molecule has 104 valence electrons. The zero-order valence-corrected chi connectivity index (χ0v) is 12.2. The maximum Gasteiger partial charge on any atom is 0.258 e. The molecule has 0 saturated carbocycles. The van der Waals surface area contributed by atoms with Crippen molar-refractivity contribution in [3.8, 4) is 5.75 Å². The summed E-state index contributed by atoms with van der Waals surface area (Å²) in [5.74, 6) is -0.0977. The molecule has 20 heavy (non-hydrogen) atoms. The van der Waals surface area contributed by atoms with Gasteiger partial charge in [0, 0.05) is 11.0 Å². The summed E-state index contributed by atoms with van der Waals surface area (Å²) in [5, 5.41) is 2.75. The number of halogens is 2. The fourth-order valence-corrected chi connectivity index (χ4v) is 1.80. The van der Waals surface area contributed by atoms with Gasteiger partial charge in [-0.05, 0) is 42.0 Å². The molecule has 0 aliphatic heterocycles. The van der Waals surface area contributed by atoms with Crippen LogP contribution in [-0.2, 0) is 11.3 Å². The van der Waals surface area contributed by atoms with E-state index in [9.17, 15) is 9.18 Å². The minimum atomic E-state index is -0.336. The van der Waals surface area contributed by atoms with Crippen molar-refractivity contribution in [2.75, 3.05) is 6.61 Å². The molecule has 2 rings (SSSR count). The summed E-state index contributed by atoms with van der Waals surface area (Å²) in [4.78, 5) is 11.6. The van der Waals surface area contributed by atoms with E-state index in [1.54, 1.807) is 0 Å². The molecule has 0 saturated heterocycles. The van der Waals surface area contributed by atoms with Gasteiger partial charge < -0.3 is 10.1 Å². The van der Waals surface area contributed by atoms with Gasteiger partial charge in [-0.15, -0.1) is 0 Å². The normalized spacial score (nSPS) is 10.1. The first-order chi connectivity index (χ1) is 9.63. The van der Waals surface area contributed by atoms with E-state index in [-0.39, 0.29) is 18.3 Å². The van der Waals surface area contributed by atoms with Gasteiger partial charge in [0.2, 0.25) is 0 Å². The Morgan fingerprint density at radius 2 is 1.75 bits per heavy atom. The number of rotatable bonds is 5. The van der Waals surface area contributed by atoms with E-state index in [0.717, 1.165) is 10.0 Å². The van der Waals surface area contributed by atoms with Crippen LogP contribution in [0.2, 0.25) is 0 Å². The molecule has 0 bridgehead atoms. The Balaban J connectivity index is 1.75. The number of benzene rings is 2. The van der Waals surface area contributed by atoms with Crippen molar-refractivity contribution >= 4 is 21.8 Å². The van der Waals surface area contributed by atoms with Gasteiger partial charge in [0.25, 0.3) is 5.91 Å². The predicted octanol–water partition coefficient (Wildman–Crippen LogP) is 3.28. The van der Waals surface area contributed by atoms with E-state index >= 15 is 0 Å². The molecule has 1 amide bonds. The van der Waals surface area contributed by atoms with Crippen LogP contribution in [-0.4, -0.2) is 12.5 Å². The van der Waals surface area contributed by atoms with Crippen LogP contribution in [0.15, 0.2) is 53.0 Å². The van der Waals surface area contributed by atoms with Crippen LogP contribution in [0.5, 0.6) is 5.75 Å². The summed E-state index contributed by atoms with van der Waals surface area (Å²) in [6.45, 7) is 0.348. The largest absolute Gasteiger partial charge is 0.484 e. The van der Waals surface area contributed by atoms with Crippen LogP contribution in [0.4, 0.5) is 4.39 Å². The molecule has 2 aromatic rings. The van der Waals surface area contributed by atoms with Crippen molar-refractivity contribution in [1.29, 1.82) is 0 Å². The van der Waals surface area contributed by atoms with Crippen molar-refractivity contribution in [2.45, 2.75) is 6.54 Å². The highest BCUT2D eigenvalue weighted by atomic mass is 79.9. The highest BCUT2D eigenvalue weighted by molar-refractivity contribution is 9.10. The van der Waals surface area contributed by atoms with E-state index in [4.69, 9.17) is 4.74 Å². The predicted molar refractivity (Wildman–Crippen MR) is 77.9 cm³/mol. The van der Waals surface area contributed by atoms with E-state index in [1.165, 1.54) is 24.3 Å². The van der Waals surface area contributed by atoms with Gasteiger partial charge in [-0.1, -0.05) is 28.1 Å². The van der Waals surface area contributed by atoms with E-state index < -0.39 is 0 Å². The Morgan fingerprint density at radius 3 is 2.40 bits per heavy atom. The molecule has 2 aromatic carbocycles. The fraction of sp³-hybridized carbons (Fsp3) is 0.133. The lowest BCUT2D eigenvalue weighted by Crippen LogP contribution is -2.28. The zero-order chi connectivity index (χ0) is 14.4. The monoisotopic (exact) mass is 337 g/mol. The number of hydrogen-bond acceptors (Lipinski definition) is 2. The first-order valence-electron chi connectivity index (χ1n) is 6.03. The average molecular weight is 338 g/mol. The number of hydrogen-bond donors (Lipinski definition) is 1. The lowest BCUT2D eigenvalue weighted by Gasteiger charge is -2.07. The van der Waals surface area contributed by atoms with Gasteiger partial charge in [-0.25, -0.2) is 4.39 Å². The second-order valence-corrected chi connectivity index (χ2v) is 5.06. The highest BCUT2D eigenvalue weighted by Crippen LogP contribution is 2.11. The van der Waals surface area contributed by atoms with Crippen molar-refractivity contribution in [1.82, 2.24) is 5.32 Å². The van der Waals surface area contributed by atoms with Crippen LogP contribution >= 0.6 is 15.9 Å². The Morgan fingerprint density at radius 1 is 1.10 bits per heavy atom. The van der Waals surface area contributed by atoms with Gasteiger partial charge in [-0.2, -0.15) is 0 Å². The van der Waals surface area contributed by atoms with Gasteiger partial charge in [0.1, 0.15) is 11.6 Å². The molecule has 0 atom stereocenters. The summed E-state index contributed by atoms with van der Waals surface area (Å²) in [5.41, 5.74) is 1.00. The summed E-state index contributed by atoms with van der Waals surface area (Å²) >= 11 is 3.35. The molecule has 0 fully saturated rings. The first-order valence-corrected chi connectivity index (χ1v) is 6.82. The maximum absolute atomic E-state index is 12.7. The molecule has 0 aliphatic carbocycles. The molecule has 0 spiro atoms. The van der Waals surface area contributed by atoms with Crippen molar-refractivity contribution in [3.63, 3.8) is 0 Å². The summed E-state index contributed by atoms with van der Waals surface area (Å²) in [6.07, 6.45) is 0. The lowest BCUT2D eigenvalue weighted by molar-refractivity contribution is -0.123. The molecule has 0 heterocycles. The SMILES string of the molecule is O=C(COc1ccc(F)cc1)NCc1ccc(Br)cc1. The Kier molecular flexibility index (Phi) is 5.12. The standard InChI is InChI=1S/C15H13BrFNO2/c16-12-3-1-11(2-4-12)9-18-15(19)10-20-14-7-5-13(17)6-8-14/h1-8H,9-10H2,(H,18,19). The van der Waals surface area contributed by atoms with Crippen molar-refractivity contribution in [2.24, 2.45) is 0 Å². The quantitative estimate of drug-likeness (QED) is 0.909. The molecular weight excluding hydrogens is 325 g/mol. The molecule has 0 aromatic heterocycles. The second-order valence-electron chi connectivity index (χ2n) is 4.15. The average Bonchev–Trinajstić information content (AvgIpc) is 2.46. The summed E-state index contributed by atoms with van der Waals surface area (Å²) < 4.78 is 18.9. The van der Waals surface area contributed by atoms with Gasteiger partial charge in [0.05, 0.1) is 0 Å². The Labute approximate surface area is 124 Å². The molecule has 3 nitrogen and oxygen atoms in total. The number of nitrogens with one attached hydrogen (secondary N) is 1. The molecule has 5 heteroatoms. The topological polar surface area (TPSA) is 38.3 Å². The van der Waals surface area contributed by atoms with Crippen LogP contribution < -0.4 is 10.1 Å². The van der Waals surface area contributed by atoms with E-state index in [2.05, 4.69) is 21.2 Å². The van der Waals surface area contributed by atoms with Gasteiger partial charge >= 0.3 is 0 Å². The van der Waals surface area contributed by atoms with Crippen LogP contribution in [0.3, 0.4) is 0 Å². The minimum Gasteiger partial charge on any atom is -0.484 e. The number of amides is 1. The second kappa shape index (κ2) is 7.05. The third kappa shape index (κ3) is 4.66. The van der Waals surface area contributed by atoms with Gasteiger partial charge in [0.15, 0.2) is 6.61 Å². The molecule has 0 radical (unpaired) electrons. The Hall–Kier alpha value is -1.88. The third-order valence-corrected chi connectivity index (χ3v) is 3.12. The number of carbonyl (C=O) groups excluding carboxylic acids is 1. The van der Waals surface area contributed by atoms with Crippen LogP contribution in [0.1, 0.15) is 5.56 Å². The number of carbonyl (C=O) groups is 1. The smallest absolute Gasteiger partial charge is 0.258 e. The third-order valence-electron chi connectivity index (χ3n) is 2.59. The maximum atomic E-state index is 12.7. The van der Waals surface area contributed by atoms with Crippen molar-refractivity contribution in [3.05, 3.63) is 64.4 Å². The number of ether oxygens (including phenoxy) is 1. The van der Waals surface area contributed by atoms with Gasteiger partial charge in [-0.3, -0.25) is 4.79 Å². The molecule has 1 N–H and O–H groups in total. The van der Waals surface area contributed by atoms with Crippen LogP contribution in [0.25, 0.3) is 0 Å². The first kappa shape index (κ1) is 14.5. The van der Waals surface area contributed by atoms with Crippen LogP contribution in [0, 0.1) is 5.82 Å². The zero-order valence-electron chi connectivity index (χ0n) is 10.6. The van der Waals surface area contributed by atoms with Crippen molar-refractivity contribution < 1.29 is 13.9 Å². The fourth-order valence-electron chi connectivity index (χ4n) is 1.53. The molecule has 0 aliphatic rings. The van der Waals surface area contributed by atoms with E-state index in [0.29, 0.717) is 12.3 Å². The Bertz CT molecular complexity index is 518. The molecular formula is C15H13BrFNO2. The van der Waals surface area contributed by atoms with E-state index in [1.807, 2.05) is 24.3 Å². The summed E-state index contributed by atoms with van der Waals surface area (Å²) in [6, 6.07) is 13.2. The summed E-state index contributed by atoms with van der Waals surface area (Å²) in [7, 11) is 0. The highest BCUT2D eigenvalue weighted by Gasteiger charge is 2.03.